The number of piperazine rings is 1. The normalized spacial score (nSPS) is 28.3. The van der Waals surface area contributed by atoms with E-state index in [4.69, 9.17) is 25.0 Å². The topological polar surface area (TPSA) is 95.9 Å². The molecule has 6 heterocycles. The van der Waals surface area contributed by atoms with Crippen LogP contribution in [0.15, 0.2) is 30.5 Å². The fraction of sp³-hybridized carbons (Fsp3) is 0.457. The Balaban J connectivity index is 1.25. The van der Waals surface area contributed by atoms with Gasteiger partial charge in [0, 0.05) is 56.3 Å². The van der Waals surface area contributed by atoms with Crippen LogP contribution >= 0.6 is 0 Å². The zero-order chi connectivity index (χ0) is 35.0. The molecule has 0 aliphatic carbocycles. The standard InChI is InChI=1S/C35H35F3N6O3/c1-3-23-24-6-5-20(36)11-25(24)26(12-28(23)45)30-29(38)31-27(14-39-30)32(43-16-22-7-9-34(17-43,42-22)18-46-2)41-33(40-31)47-19-35-8-4-10-44(35)15-21(37)13-35/h1,5-6,11-12,14,21-22,42,45H,4,7-10,13,15-19H2,2H3/t21-,22+,34-,35+/m1/s1/i2D3. The fourth-order valence-corrected chi connectivity index (χ4v) is 8.34. The molecular formula is C35H35F3N6O3. The van der Waals surface area contributed by atoms with Crippen molar-refractivity contribution in [2.75, 3.05) is 51.3 Å². The molecule has 0 radical (unpaired) electrons. The summed E-state index contributed by atoms with van der Waals surface area (Å²) >= 11 is 0. The van der Waals surface area contributed by atoms with E-state index in [1.807, 2.05) is 4.90 Å². The van der Waals surface area contributed by atoms with Gasteiger partial charge in [0.25, 0.3) is 0 Å². The van der Waals surface area contributed by atoms with Crippen molar-refractivity contribution in [3.8, 4) is 35.4 Å². The molecule has 4 aromatic rings. The van der Waals surface area contributed by atoms with Gasteiger partial charge in [-0.1, -0.05) is 12.0 Å². The lowest BCUT2D eigenvalue weighted by molar-refractivity contribution is 0.107. The molecule has 8 rings (SSSR count). The lowest BCUT2D eigenvalue weighted by Gasteiger charge is -2.41. The number of nitrogens with one attached hydrogen (secondary N) is 1. The van der Waals surface area contributed by atoms with Gasteiger partial charge < -0.3 is 24.8 Å². The third-order valence-electron chi connectivity index (χ3n) is 10.4. The summed E-state index contributed by atoms with van der Waals surface area (Å²) in [5.74, 6) is 1.03. The van der Waals surface area contributed by atoms with Crippen molar-refractivity contribution in [2.24, 2.45) is 0 Å². The van der Waals surface area contributed by atoms with Crippen LogP contribution in [0.2, 0.25) is 0 Å². The fourth-order valence-electron chi connectivity index (χ4n) is 8.34. The van der Waals surface area contributed by atoms with E-state index in [2.05, 4.69) is 26.1 Å². The van der Waals surface area contributed by atoms with Gasteiger partial charge in [0.15, 0.2) is 5.82 Å². The van der Waals surface area contributed by atoms with Crippen LogP contribution < -0.4 is 15.0 Å². The van der Waals surface area contributed by atoms with E-state index in [0.717, 1.165) is 25.8 Å². The number of nitrogens with zero attached hydrogens (tertiary/aromatic N) is 5. The van der Waals surface area contributed by atoms with Crippen LogP contribution in [-0.4, -0.2) is 94.7 Å². The number of methoxy groups -OCH3 is 1. The Morgan fingerprint density at radius 3 is 2.91 bits per heavy atom. The highest BCUT2D eigenvalue weighted by Gasteiger charge is 2.50. The molecule has 9 nitrogen and oxygen atoms in total. The number of pyridine rings is 1. The average Bonchev–Trinajstić information content (AvgIpc) is 3.71. The molecule has 47 heavy (non-hydrogen) atoms. The van der Waals surface area contributed by atoms with Gasteiger partial charge in [-0.25, -0.2) is 13.2 Å². The van der Waals surface area contributed by atoms with Crippen LogP contribution in [0.1, 0.15) is 41.8 Å². The number of anilines is 1. The first-order valence-electron chi connectivity index (χ1n) is 17.3. The quantitative estimate of drug-likeness (QED) is 0.277. The van der Waals surface area contributed by atoms with Crippen molar-refractivity contribution in [2.45, 2.75) is 55.4 Å². The van der Waals surface area contributed by atoms with Gasteiger partial charge in [0.2, 0.25) is 0 Å². The van der Waals surface area contributed by atoms with E-state index in [0.29, 0.717) is 43.7 Å². The summed E-state index contributed by atoms with van der Waals surface area (Å²) < 4.78 is 80.3. The largest absolute Gasteiger partial charge is 0.507 e. The van der Waals surface area contributed by atoms with Crippen LogP contribution in [-0.2, 0) is 4.74 Å². The van der Waals surface area contributed by atoms with Crippen LogP contribution in [0.5, 0.6) is 11.8 Å². The Kier molecular flexibility index (Phi) is 6.41. The molecule has 2 aromatic heterocycles. The number of benzene rings is 2. The lowest BCUT2D eigenvalue weighted by atomic mass is 9.95. The molecule has 4 aliphatic rings. The molecule has 0 amide bonds. The first-order valence-corrected chi connectivity index (χ1v) is 15.8. The van der Waals surface area contributed by atoms with Crippen molar-refractivity contribution in [3.05, 3.63) is 47.7 Å². The summed E-state index contributed by atoms with van der Waals surface area (Å²) in [4.78, 5) is 17.8. The molecule has 4 atom stereocenters. The van der Waals surface area contributed by atoms with Gasteiger partial charge >= 0.3 is 6.01 Å². The molecule has 2 bridgehead atoms. The highest BCUT2D eigenvalue weighted by Crippen LogP contribution is 2.42. The summed E-state index contributed by atoms with van der Waals surface area (Å²) in [5, 5.41) is 15.2. The minimum absolute atomic E-state index is 0.0137. The summed E-state index contributed by atoms with van der Waals surface area (Å²) in [7, 11) is -2.57. The third-order valence-corrected chi connectivity index (χ3v) is 10.4. The Hall–Kier alpha value is -4.18. The van der Waals surface area contributed by atoms with E-state index in [1.165, 1.54) is 30.5 Å². The van der Waals surface area contributed by atoms with Crippen molar-refractivity contribution in [3.63, 3.8) is 0 Å². The maximum absolute atomic E-state index is 16.9. The van der Waals surface area contributed by atoms with Gasteiger partial charge in [-0.2, -0.15) is 9.97 Å². The second-order valence-electron chi connectivity index (χ2n) is 13.4. The van der Waals surface area contributed by atoms with Crippen molar-refractivity contribution in [1.82, 2.24) is 25.2 Å². The van der Waals surface area contributed by atoms with Crippen molar-refractivity contribution >= 4 is 27.5 Å². The number of terminal acetylenes is 1. The molecule has 2 N–H and O–H groups in total. The number of halogens is 3. The molecular weight excluding hydrogens is 609 g/mol. The highest BCUT2D eigenvalue weighted by molar-refractivity contribution is 6.02. The number of hydrogen-bond donors (Lipinski definition) is 2. The third kappa shape index (κ3) is 4.94. The zero-order valence-electron chi connectivity index (χ0n) is 28.5. The summed E-state index contributed by atoms with van der Waals surface area (Å²) in [6, 6.07) is 4.98. The van der Waals surface area contributed by atoms with E-state index >= 15 is 4.39 Å². The minimum Gasteiger partial charge on any atom is -0.507 e. The number of ether oxygens (including phenoxy) is 2. The van der Waals surface area contributed by atoms with Gasteiger partial charge in [-0.15, -0.1) is 6.42 Å². The second-order valence-corrected chi connectivity index (χ2v) is 13.4. The van der Waals surface area contributed by atoms with E-state index in [-0.39, 0.29) is 64.1 Å². The van der Waals surface area contributed by atoms with Crippen LogP contribution in [0.25, 0.3) is 32.9 Å². The summed E-state index contributed by atoms with van der Waals surface area (Å²) in [6.45, 7) is 1.93. The van der Waals surface area contributed by atoms with Crippen LogP contribution in [0.4, 0.5) is 19.0 Å². The van der Waals surface area contributed by atoms with E-state index in [1.54, 1.807) is 0 Å². The molecule has 4 aliphatic heterocycles. The average molecular weight is 648 g/mol. The number of alkyl halides is 1. The highest BCUT2D eigenvalue weighted by atomic mass is 19.1. The smallest absolute Gasteiger partial charge is 0.319 e. The molecule has 0 saturated carbocycles. The Morgan fingerprint density at radius 2 is 2.06 bits per heavy atom. The number of hydrogen-bond acceptors (Lipinski definition) is 9. The Labute approximate surface area is 274 Å². The number of phenols is 1. The summed E-state index contributed by atoms with van der Waals surface area (Å²) in [6.07, 6.45) is 9.52. The zero-order valence-corrected chi connectivity index (χ0v) is 25.5. The van der Waals surface area contributed by atoms with Crippen LogP contribution in [0.3, 0.4) is 0 Å². The Morgan fingerprint density at radius 1 is 1.17 bits per heavy atom. The molecule has 0 unspecified atom stereocenters. The minimum atomic E-state index is -2.57. The van der Waals surface area contributed by atoms with Gasteiger partial charge in [0.05, 0.1) is 32.7 Å². The molecule has 0 spiro atoms. The maximum Gasteiger partial charge on any atom is 0.319 e. The van der Waals surface area contributed by atoms with Gasteiger partial charge in [-0.3, -0.25) is 9.88 Å². The van der Waals surface area contributed by atoms with Gasteiger partial charge in [0.1, 0.15) is 41.4 Å². The molecule has 244 valence electrons. The van der Waals surface area contributed by atoms with E-state index in [9.17, 15) is 13.9 Å². The predicted octanol–water partition coefficient (Wildman–Crippen LogP) is 4.72. The molecule has 2 aromatic carbocycles. The van der Waals surface area contributed by atoms with Crippen LogP contribution in [0, 0.1) is 24.0 Å². The maximum atomic E-state index is 16.9. The molecule has 12 heteroatoms. The number of phenolic OH excluding ortho intramolecular Hbond substituents is 1. The van der Waals surface area contributed by atoms with Crippen molar-refractivity contribution in [1.29, 1.82) is 0 Å². The number of aromatic hydroxyl groups is 1. The number of fused-ring (bicyclic) bond motifs is 5. The lowest BCUT2D eigenvalue weighted by Crippen LogP contribution is -2.61. The second kappa shape index (κ2) is 11.2. The SMILES string of the molecule is [2H]C([2H])([2H])OC[C@@]12CC[C@@H](CN(c3nc(OC[C@@]45CCCN4C[C@H](F)C5)nc4c(F)c(-c5cc(O)c(C#C)c6ccc(F)cc56)ncc34)C1)N2. The number of rotatable bonds is 7. The molecule has 4 fully saturated rings. The monoisotopic (exact) mass is 647 g/mol. The van der Waals surface area contributed by atoms with E-state index < -0.39 is 35.9 Å². The molecule has 4 saturated heterocycles. The van der Waals surface area contributed by atoms with Gasteiger partial charge in [-0.05, 0) is 55.8 Å². The predicted molar refractivity (Wildman–Crippen MR) is 171 cm³/mol. The summed E-state index contributed by atoms with van der Waals surface area (Å²) in [5.41, 5.74) is -1.26. The Bertz CT molecular complexity index is 2060. The first-order chi connectivity index (χ1) is 23.9. The number of aromatic nitrogens is 3. The van der Waals surface area contributed by atoms with Crippen molar-refractivity contribution < 1.29 is 31.9 Å². The first kappa shape index (κ1) is 26.8.